The zero-order valence-electron chi connectivity index (χ0n) is 15.6. The molecule has 0 aliphatic carbocycles. The van der Waals surface area contributed by atoms with E-state index in [1.807, 2.05) is 18.2 Å². The number of ether oxygens (including phenoxy) is 1. The van der Waals surface area contributed by atoms with E-state index in [9.17, 15) is 18.0 Å². The molecule has 0 heterocycles. The molecule has 0 aromatic heterocycles. The number of unbranched alkanes of at least 4 members (excludes halogenated alkanes) is 1. The molecular formula is C18H26N2O5S. The molecule has 0 saturated heterocycles. The van der Waals surface area contributed by atoms with Crippen LogP contribution >= 0.6 is 0 Å². The minimum atomic E-state index is -3.14. The van der Waals surface area contributed by atoms with Crippen LogP contribution in [0.5, 0.6) is 0 Å². The Morgan fingerprint density at radius 3 is 2.65 bits per heavy atom. The largest absolute Gasteiger partial charge is 0.467 e. The summed E-state index contributed by atoms with van der Waals surface area (Å²) in [7, 11) is -0.324. The van der Waals surface area contributed by atoms with Crippen LogP contribution in [0.3, 0.4) is 0 Å². The summed E-state index contributed by atoms with van der Waals surface area (Å²) >= 11 is 0. The van der Waals surface area contributed by atoms with Gasteiger partial charge < -0.3 is 10.1 Å². The number of hydrogen-bond acceptors (Lipinski definition) is 5. The number of nitrogens with one attached hydrogen (secondary N) is 1. The predicted molar refractivity (Wildman–Crippen MR) is 101 cm³/mol. The molecule has 1 N–H and O–H groups in total. The highest BCUT2D eigenvalue weighted by Gasteiger charge is 2.16. The Balaban J connectivity index is 2.58. The van der Waals surface area contributed by atoms with E-state index in [4.69, 9.17) is 0 Å². The highest BCUT2D eigenvalue weighted by molar-refractivity contribution is 7.88. The Labute approximate surface area is 155 Å². The number of sulfonamides is 1. The van der Waals surface area contributed by atoms with Crippen molar-refractivity contribution >= 4 is 28.0 Å². The lowest BCUT2D eigenvalue weighted by Gasteiger charge is -2.12. The number of allylic oxidation sites excluding steroid dienone is 1. The third kappa shape index (κ3) is 7.37. The Morgan fingerprint density at radius 1 is 1.35 bits per heavy atom. The van der Waals surface area contributed by atoms with E-state index in [0.717, 1.165) is 12.0 Å². The fraction of sp³-hybridized carbons (Fsp3) is 0.444. The van der Waals surface area contributed by atoms with Crippen LogP contribution in [0.25, 0.3) is 6.08 Å². The summed E-state index contributed by atoms with van der Waals surface area (Å²) < 4.78 is 28.5. The summed E-state index contributed by atoms with van der Waals surface area (Å²) in [6, 6.07) is 6.28. The average molecular weight is 382 g/mol. The first kappa shape index (κ1) is 21.9. The summed E-state index contributed by atoms with van der Waals surface area (Å²) in [5.74, 6) is -0.860. The zero-order chi connectivity index (χ0) is 19.7. The molecule has 0 spiro atoms. The van der Waals surface area contributed by atoms with E-state index in [2.05, 4.69) is 10.1 Å². The van der Waals surface area contributed by atoms with Crippen molar-refractivity contribution in [3.05, 3.63) is 41.5 Å². The molecule has 0 bridgehead atoms. The van der Waals surface area contributed by atoms with E-state index in [1.54, 1.807) is 32.2 Å². The van der Waals surface area contributed by atoms with Gasteiger partial charge in [-0.15, -0.1) is 0 Å². The lowest BCUT2D eigenvalue weighted by Crippen LogP contribution is -2.39. The second kappa shape index (κ2) is 10.1. The fourth-order valence-corrected chi connectivity index (χ4v) is 2.58. The van der Waals surface area contributed by atoms with Crippen molar-refractivity contribution in [1.82, 2.24) is 9.62 Å². The quantitative estimate of drug-likeness (QED) is 0.518. The molecule has 1 amide bonds. The van der Waals surface area contributed by atoms with Crippen LogP contribution in [0.2, 0.25) is 0 Å². The number of rotatable bonds is 9. The monoisotopic (exact) mass is 382 g/mol. The van der Waals surface area contributed by atoms with E-state index >= 15 is 0 Å². The van der Waals surface area contributed by atoms with Gasteiger partial charge >= 0.3 is 5.97 Å². The van der Waals surface area contributed by atoms with Gasteiger partial charge in [-0.1, -0.05) is 24.3 Å². The van der Waals surface area contributed by atoms with Gasteiger partial charge in [-0.3, -0.25) is 4.79 Å². The van der Waals surface area contributed by atoms with Crippen molar-refractivity contribution < 1.29 is 22.7 Å². The van der Waals surface area contributed by atoms with E-state index < -0.39 is 22.0 Å². The first-order valence-electron chi connectivity index (χ1n) is 8.21. The molecular weight excluding hydrogens is 356 g/mol. The highest BCUT2D eigenvalue weighted by Crippen LogP contribution is 2.09. The number of carbonyl (C=O) groups is 2. The van der Waals surface area contributed by atoms with Crippen LogP contribution in [0.15, 0.2) is 30.3 Å². The molecule has 0 radical (unpaired) electrons. The minimum absolute atomic E-state index is 0.354. The number of benzene rings is 1. The average Bonchev–Trinajstić information content (AvgIpc) is 2.59. The summed E-state index contributed by atoms with van der Waals surface area (Å²) in [5.41, 5.74) is 1.29. The number of hydrogen-bond donors (Lipinski definition) is 1. The molecule has 0 aliphatic heterocycles. The van der Waals surface area contributed by atoms with Gasteiger partial charge in [-0.2, -0.15) is 0 Å². The summed E-state index contributed by atoms with van der Waals surface area (Å²) in [5, 5.41) is 2.58. The number of amides is 1. The van der Waals surface area contributed by atoms with Crippen LogP contribution < -0.4 is 5.32 Å². The van der Waals surface area contributed by atoms with Crippen LogP contribution in [-0.2, 0) is 19.6 Å². The van der Waals surface area contributed by atoms with Gasteiger partial charge in [-0.25, -0.2) is 17.5 Å². The molecule has 26 heavy (non-hydrogen) atoms. The summed E-state index contributed by atoms with van der Waals surface area (Å²) in [6.45, 7) is 2.01. The van der Waals surface area contributed by atoms with Gasteiger partial charge in [0.1, 0.15) is 6.04 Å². The van der Waals surface area contributed by atoms with Crippen molar-refractivity contribution in [2.75, 3.05) is 27.0 Å². The Hall–Kier alpha value is -2.19. The molecule has 0 saturated carbocycles. The molecule has 0 aliphatic rings. The Kier molecular flexibility index (Phi) is 8.47. The summed E-state index contributed by atoms with van der Waals surface area (Å²) in [4.78, 5) is 23.5. The first-order chi connectivity index (χ1) is 12.1. The molecule has 144 valence electrons. The van der Waals surface area contributed by atoms with E-state index in [0.29, 0.717) is 18.5 Å². The van der Waals surface area contributed by atoms with E-state index in [1.165, 1.54) is 17.7 Å². The fourth-order valence-electron chi connectivity index (χ4n) is 2.12. The number of nitrogens with zero attached hydrogens (tertiary/aromatic N) is 1. The van der Waals surface area contributed by atoms with E-state index in [-0.39, 0.29) is 5.91 Å². The van der Waals surface area contributed by atoms with Crippen LogP contribution in [-0.4, -0.2) is 57.6 Å². The lowest BCUT2D eigenvalue weighted by molar-refractivity contribution is -0.142. The lowest BCUT2D eigenvalue weighted by atomic mass is 10.1. The van der Waals surface area contributed by atoms with Gasteiger partial charge in [0.15, 0.2) is 0 Å². The Morgan fingerprint density at radius 2 is 2.04 bits per heavy atom. The number of esters is 1. The van der Waals surface area contributed by atoms with Gasteiger partial charge in [0.25, 0.3) is 5.91 Å². The third-order valence-electron chi connectivity index (χ3n) is 3.77. The van der Waals surface area contributed by atoms with Gasteiger partial charge in [-0.05, 0) is 37.5 Å². The normalized spacial score (nSPS) is 13.0. The smallest absolute Gasteiger partial charge is 0.328 e. The van der Waals surface area contributed by atoms with Crippen LogP contribution in [0, 0.1) is 0 Å². The Bertz CT molecular complexity index is 759. The van der Waals surface area contributed by atoms with Crippen LogP contribution in [0.1, 0.15) is 35.7 Å². The maximum Gasteiger partial charge on any atom is 0.328 e. The number of methoxy groups -OCH3 is 1. The van der Waals surface area contributed by atoms with Crippen molar-refractivity contribution in [2.45, 2.75) is 25.8 Å². The number of carbonyl (C=O) groups excluding carboxylic acids is 2. The van der Waals surface area contributed by atoms with Crippen molar-refractivity contribution in [2.24, 2.45) is 0 Å². The van der Waals surface area contributed by atoms with Gasteiger partial charge in [0.05, 0.1) is 13.4 Å². The second-order valence-corrected chi connectivity index (χ2v) is 8.06. The molecule has 1 rings (SSSR count). The topological polar surface area (TPSA) is 92.8 Å². The van der Waals surface area contributed by atoms with Gasteiger partial charge in [0, 0.05) is 19.2 Å². The zero-order valence-corrected chi connectivity index (χ0v) is 16.4. The molecule has 7 nitrogen and oxygen atoms in total. The minimum Gasteiger partial charge on any atom is -0.467 e. The SMILES string of the molecule is COC(=O)[C@@H](C)NC(=O)c1cccc(/C=C\CCCN(C)S(C)(=O)=O)c1. The standard InChI is InChI=1S/C18H26N2O5S/c1-14(18(22)25-3)19-17(21)16-11-8-10-15(13-16)9-6-5-7-12-20(2)26(4,23)24/h6,8-11,13-14H,5,7,12H2,1-4H3,(H,19,21)/b9-6-/t14-/m1/s1. The third-order valence-corrected chi connectivity index (χ3v) is 5.09. The van der Waals surface area contributed by atoms with Crippen molar-refractivity contribution in [1.29, 1.82) is 0 Å². The second-order valence-electron chi connectivity index (χ2n) is 5.97. The highest BCUT2D eigenvalue weighted by atomic mass is 32.2. The maximum atomic E-state index is 12.2. The molecule has 0 unspecified atom stereocenters. The molecule has 0 fully saturated rings. The molecule has 1 aromatic carbocycles. The summed E-state index contributed by atoms with van der Waals surface area (Å²) in [6.07, 6.45) is 6.41. The molecule has 1 aromatic rings. The predicted octanol–water partition coefficient (Wildman–Crippen LogP) is 1.66. The maximum absolute atomic E-state index is 12.2. The van der Waals surface area contributed by atoms with Crippen LogP contribution in [0.4, 0.5) is 0 Å². The molecule has 1 atom stereocenters. The van der Waals surface area contributed by atoms with Crippen molar-refractivity contribution in [3.63, 3.8) is 0 Å². The van der Waals surface area contributed by atoms with Crippen molar-refractivity contribution in [3.8, 4) is 0 Å². The first-order valence-corrected chi connectivity index (χ1v) is 10.1. The molecule has 8 heteroatoms. The van der Waals surface area contributed by atoms with Gasteiger partial charge in [0.2, 0.25) is 10.0 Å².